The van der Waals surface area contributed by atoms with Gasteiger partial charge in [-0.3, -0.25) is 0 Å². The molecule has 4 heteroatoms. The number of hydrogen-bond acceptors (Lipinski definition) is 2. The summed E-state index contributed by atoms with van der Waals surface area (Å²) in [5.74, 6) is 0.249. The van der Waals surface area contributed by atoms with Gasteiger partial charge in [-0.1, -0.05) is 43.3 Å². The number of hydrogen-bond donors (Lipinski definition) is 1. The van der Waals surface area contributed by atoms with Crippen LogP contribution in [0.5, 0.6) is 5.75 Å². The maximum atomic E-state index is 13.5. The zero-order chi connectivity index (χ0) is 20.6. The average Bonchev–Trinajstić information content (AvgIpc) is 2.75. The Labute approximate surface area is 170 Å². The molecule has 0 aliphatic heterocycles. The molecule has 0 amide bonds. The third kappa shape index (κ3) is 5.30. The van der Waals surface area contributed by atoms with Crippen molar-refractivity contribution >= 4 is 11.1 Å². The van der Waals surface area contributed by atoms with Crippen LogP contribution in [0.25, 0.3) is 11.1 Å². The maximum absolute atomic E-state index is 13.5. The molecule has 0 bridgehead atoms. The molecule has 0 spiro atoms. The predicted molar refractivity (Wildman–Crippen MR) is 115 cm³/mol. The summed E-state index contributed by atoms with van der Waals surface area (Å²) in [6, 6.07) is 20.9. The van der Waals surface area contributed by atoms with E-state index in [1.165, 1.54) is 24.3 Å². The minimum absolute atomic E-state index is 0.268. The van der Waals surface area contributed by atoms with E-state index in [1.807, 2.05) is 31.3 Å². The van der Waals surface area contributed by atoms with E-state index < -0.39 is 0 Å². The van der Waals surface area contributed by atoms with Gasteiger partial charge in [0.15, 0.2) is 0 Å². The highest BCUT2D eigenvalue weighted by Gasteiger charge is 2.13. The zero-order valence-corrected chi connectivity index (χ0v) is 16.7. The van der Waals surface area contributed by atoms with Crippen molar-refractivity contribution < 1.29 is 13.5 Å². The Hall–Kier alpha value is -2.98. The molecule has 2 nitrogen and oxygen atoms in total. The molecule has 29 heavy (non-hydrogen) atoms. The van der Waals surface area contributed by atoms with E-state index in [4.69, 9.17) is 4.74 Å². The Balaban J connectivity index is 2.07. The fourth-order valence-corrected chi connectivity index (χ4v) is 3.30. The third-order valence-corrected chi connectivity index (χ3v) is 4.74. The van der Waals surface area contributed by atoms with Crippen molar-refractivity contribution in [2.45, 2.75) is 13.3 Å². The fraction of sp³-hybridized carbons (Fsp3) is 0.200. The number of benzene rings is 3. The number of likely N-dealkylation sites (N-methyl/N-ethyl adjacent to an activating group) is 1. The first-order chi connectivity index (χ1) is 14.1. The van der Waals surface area contributed by atoms with E-state index in [0.29, 0.717) is 6.61 Å². The molecule has 0 aromatic heterocycles. The highest BCUT2D eigenvalue weighted by Crippen LogP contribution is 2.35. The first-order valence-electron chi connectivity index (χ1n) is 9.75. The number of nitrogens with one attached hydrogen (secondary N) is 1. The van der Waals surface area contributed by atoms with Crippen LogP contribution in [0.1, 0.15) is 30.0 Å². The molecule has 0 aliphatic carbocycles. The van der Waals surface area contributed by atoms with Crippen LogP contribution in [-0.2, 0) is 0 Å². The summed E-state index contributed by atoms with van der Waals surface area (Å²) in [7, 11) is 1.88. The van der Waals surface area contributed by atoms with E-state index in [1.54, 1.807) is 24.3 Å². The molecule has 0 radical (unpaired) electrons. The molecule has 0 atom stereocenters. The highest BCUT2D eigenvalue weighted by molar-refractivity contribution is 5.98. The van der Waals surface area contributed by atoms with E-state index in [-0.39, 0.29) is 11.6 Å². The molecule has 150 valence electrons. The molecule has 0 unspecified atom stereocenters. The van der Waals surface area contributed by atoms with Crippen LogP contribution in [0.3, 0.4) is 0 Å². The quantitative estimate of drug-likeness (QED) is 0.378. The normalized spacial score (nSPS) is 11.9. The highest BCUT2D eigenvalue weighted by atomic mass is 19.1. The van der Waals surface area contributed by atoms with E-state index in [0.717, 1.165) is 46.6 Å². The lowest BCUT2D eigenvalue weighted by molar-refractivity contribution is 0.318. The van der Waals surface area contributed by atoms with Gasteiger partial charge < -0.3 is 10.1 Å². The van der Waals surface area contributed by atoms with Gasteiger partial charge in [0.25, 0.3) is 0 Å². The van der Waals surface area contributed by atoms with E-state index in [2.05, 4.69) is 12.2 Å². The van der Waals surface area contributed by atoms with Crippen LogP contribution in [0.4, 0.5) is 8.78 Å². The van der Waals surface area contributed by atoms with Crippen LogP contribution < -0.4 is 10.1 Å². The topological polar surface area (TPSA) is 21.3 Å². The molecule has 0 saturated heterocycles. The molecule has 0 saturated carbocycles. The number of rotatable bonds is 8. The Morgan fingerprint density at radius 3 is 1.72 bits per heavy atom. The Morgan fingerprint density at radius 2 is 1.24 bits per heavy atom. The van der Waals surface area contributed by atoms with E-state index in [9.17, 15) is 8.78 Å². The molecule has 3 aromatic carbocycles. The van der Waals surface area contributed by atoms with Crippen LogP contribution in [-0.4, -0.2) is 20.2 Å². The molecule has 1 N–H and O–H groups in total. The molecule has 0 fully saturated rings. The van der Waals surface area contributed by atoms with E-state index >= 15 is 0 Å². The Morgan fingerprint density at radius 1 is 0.759 bits per heavy atom. The van der Waals surface area contributed by atoms with Crippen molar-refractivity contribution in [2.75, 3.05) is 20.2 Å². The first kappa shape index (κ1) is 20.7. The molecule has 0 heterocycles. The van der Waals surface area contributed by atoms with Crippen molar-refractivity contribution in [2.24, 2.45) is 0 Å². The lowest BCUT2D eigenvalue weighted by Gasteiger charge is -2.17. The monoisotopic (exact) mass is 393 g/mol. The summed E-state index contributed by atoms with van der Waals surface area (Å²) in [5.41, 5.74) is 4.93. The van der Waals surface area contributed by atoms with Crippen LogP contribution in [0.2, 0.25) is 0 Å². The van der Waals surface area contributed by atoms with Crippen molar-refractivity contribution in [3.8, 4) is 5.75 Å². The van der Waals surface area contributed by atoms with Gasteiger partial charge >= 0.3 is 0 Å². The van der Waals surface area contributed by atoms with Crippen LogP contribution in [0, 0.1) is 11.6 Å². The number of ether oxygens (including phenoxy) is 1. The average molecular weight is 393 g/mol. The number of allylic oxidation sites excluding steroid dienone is 1. The summed E-state index contributed by atoms with van der Waals surface area (Å²) in [6.45, 7) is 3.43. The van der Waals surface area contributed by atoms with Gasteiger partial charge in [0, 0.05) is 6.54 Å². The van der Waals surface area contributed by atoms with Gasteiger partial charge in [0.05, 0.1) is 0 Å². The van der Waals surface area contributed by atoms with Gasteiger partial charge in [-0.05, 0) is 77.7 Å². The standard InChI is InChI=1S/C25H25F2NO/c1-3-24(18-4-10-21(26)11-5-18)25(19-6-12-22(27)13-7-19)20-8-14-23(15-9-20)29-17-16-28-2/h4-15,28H,3,16-17H2,1-2H3. The Bertz CT molecular complexity index is 946. The summed E-state index contributed by atoms with van der Waals surface area (Å²) >= 11 is 0. The van der Waals surface area contributed by atoms with Crippen molar-refractivity contribution in [1.29, 1.82) is 0 Å². The molecule has 0 aliphatic rings. The van der Waals surface area contributed by atoms with Gasteiger partial charge in [0.2, 0.25) is 0 Å². The van der Waals surface area contributed by atoms with Gasteiger partial charge in [-0.25, -0.2) is 8.78 Å². The fourth-order valence-electron chi connectivity index (χ4n) is 3.30. The predicted octanol–water partition coefficient (Wildman–Crippen LogP) is 5.93. The molecular weight excluding hydrogens is 368 g/mol. The summed E-state index contributed by atoms with van der Waals surface area (Å²) in [5, 5.41) is 3.05. The lowest BCUT2D eigenvalue weighted by atomic mass is 9.88. The second-order valence-corrected chi connectivity index (χ2v) is 6.70. The van der Waals surface area contributed by atoms with Crippen molar-refractivity contribution in [1.82, 2.24) is 5.32 Å². The SMILES string of the molecule is CCC(=C(c1ccc(F)cc1)c1ccc(OCCNC)cc1)c1ccc(F)cc1. The van der Waals surface area contributed by atoms with Crippen LogP contribution in [0.15, 0.2) is 72.8 Å². The Kier molecular flexibility index (Phi) is 7.14. The second kappa shape index (κ2) is 9.99. The minimum Gasteiger partial charge on any atom is -0.492 e. The first-order valence-corrected chi connectivity index (χ1v) is 9.75. The third-order valence-electron chi connectivity index (χ3n) is 4.74. The smallest absolute Gasteiger partial charge is 0.123 e. The number of halogens is 2. The summed E-state index contributed by atoms with van der Waals surface area (Å²) in [6.07, 6.45) is 0.749. The summed E-state index contributed by atoms with van der Waals surface area (Å²) < 4.78 is 32.7. The molecule has 3 aromatic rings. The van der Waals surface area contributed by atoms with Gasteiger partial charge in [0.1, 0.15) is 24.0 Å². The molecular formula is C25H25F2NO. The van der Waals surface area contributed by atoms with Gasteiger partial charge in [-0.15, -0.1) is 0 Å². The molecule has 3 rings (SSSR count). The summed E-state index contributed by atoms with van der Waals surface area (Å²) in [4.78, 5) is 0. The zero-order valence-electron chi connectivity index (χ0n) is 16.7. The van der Waals surface area contributed by atoms with Crippen molar-refractivity contribution in [3.63, 3.8) is 0 Å². The second-order valence-electron chi connectivity index (χ2n) is 6.70. The largest absolute Gasteiger partial charge is 0.492 e. The maximum Gasteiger partial charge on any atom is 0.123 e. The van der Waals surface area contributed by atoms with Gasteiger partial charge in [-0.2, -0.15) is 0 Å². The minimum atomic E-state index is -0.277. The van der Waals surface area contributed by atoms with Crippen molar-refractivity contribution in [3.05, 3.63) is 101 Å². The van der Waals surface area contributed by atoms with Crippen LogP contribution >= 0.6 is 0 Å². The lowest BCUT2D eigenvalue weighted by Crippen LogP contribution is -2.15.